The Bertz CT molecular complexity index is 986. The van der Waals surface area contributed by atoms with Crippen molar-refractivity contribution in [1.82, 2.24) is 9.21 Å². The van der Waals surface area contributed by atoms with Gasteiger partial charge in [0.15, 0.2) is 0 Å². The van der Waals surface area contributed by atoms with E-state index in [0.29, 0.717) is 25.3 Å². The molecule has 0 aromatic heterocycles. The average molecular weight is 436 g/mol. The maximum Gasteiger partial charge on any atom is 0.255 e. The highest BCUT2D eigenvalue weighted by Gasteiger charge is 2.28. The Hall–Kier alpha value is -1.93. The number of halogens is 1. The highest BCUT2D eigenvalue weighted by molar-refractivity contribution is 7.89. The molecule has 0 bridgehead atoms. The lowest BCUT2D eigenvalue weighted by Gasteiger charge is -2.26. The second kappa shape index (κ2) is 9.26. The molecule has 6 nitrogen and oxygen atoms in total. The Morgan fingerprint density at radius 3 is 2.48 bits per heavy atom. The summed E-state index contributed by atoms with van der Waals surface area (Å²) < 4.78 is 27.5. The van der Waals surface area contributed by atoms with Crippen LogP contribution in [0.2, 0.25) is 5.02 Å². The number of benzene rings is 2. The van der Waals surface area contributed by atoms with Crippen molar-refractivity contribution in [2.45, 2.75) is 30.7 Å². The minimum atomic E-state index is -3.73. The number of hydrogen-bond donors (Lipinski definition) is 1. The van der Waals surface area contributed by atoms with Gasteiger partial charge in [-0.25, -0.2) is 8.42 Å². The Morgan fingerprint density at radius 1 is 1.10 bits per heavy atom. The van der Waals surface area contributed by atoms with Crippen LogP contribution in [0.4, 0.5) is 5.69 Å². The molecule has 156 valence electrons. The van der Waals surface area contributed by atoms with E-state index in [0.717, 1.165) is 24.8 Å². The lowest BCUT2D eigenvalue weighted by atomic mass is 10.1. The summed E-state index contributed by atoms with van der Waals surface area (Å²) in [7, 11) is 0.177. The van der Waals surface area contributed by atoms with Gasteiger partial charge in [-0.15, -0.1) is 0 Å². The fourth-order valence-corrected chi connectivity index (χ4v) is 5.42. The molecule has 29 heavy (non-hydrogen) atoms. The first kappa shape index (κ1) is 21.8. The zero-order valence-corrected chi connectivity index (χ0v) is 18.3. The standard InChI is InChI=1S/C21H26ClN3O3S/c1-24(2)15-17-8-4-5-9-19(17)23-21(26)16-10-11-18(22)20(14-16)29(27,28)25-12-6-3-7-13-25/h4-5,8-11,14H,3,6-7,12-13,15H2,1-2H3,(H,23,26). The lowest BCUT2D eigenvalue weighted by Crippen LogP contribution is -2.35. The molecule has 1 amide bonds. The number of anilines is 1. The highest BCUT2D eigenvalue weighted by atomic mass is 35.5. The van der Waals surface area contributed by atoms with Crippen LogP contribution in [-0.2, 0) is 16.6 Å². The highest BCUT2D eigenvalue weighted by Crippen LogP contribution is 2.28. The fourth-order valence-electron chi connectivity index (χ4n) is 3.40. The number of para-hydroxylation sites is 1. The van der Waals surface area contributed by atoms with Crippen molar-refractivity contribution in [3.8, 4) is 0 Å². The molecule has 1 aliphatic rings. The first-order valence-electron chi connectivity index (χ1n) is 9.63. The third kappa shape index (κ3) is 5.17. The third-order valence-corrected chi connectivity index (χ3v) is 7.26. The van der Waals surface area contributed by atoms with E-state index in [1.165, 1.54) is 16.4 Å². The molecule has 1 N–H and O–H groups in total. The van der Waals surface area contributed by atoms with Crippen molar-refractivity contribution >= 4 is 33.2 Å². The lowest BCUT2D eigenvalue weighted by molar-refractivity contribution is 0.102. The smallest absolute Gasteiger partial charge is 0.255 e. The normalized spacial score (nSPS) is 15.4. The van der Waals surface area contributed by atoms with Gasteiger partial charge in [0.05, 0.1) is 5.02 Å². The molecule has 1 fully saturated rings. The van der Waals surface area contributed by atoms with Gasteiger partial charge in [-0.05, 0) is 56.8 Å². The van der Waals surface area contributed by atoms with Crippen molar-refractivity contribution < 1.29 is 13.2 Å². The van der Waals surface area contributed by atoms with E-state index in [4.69, 9.17) is 11.6 Å². The number of nitrogens with zero attached hydrogens (tertiary/aromatic N) is 2. The van der Waals surface area contributed by atoms with Crippen LogP contribution in [0.5, 0.6) is 0 Å². The van der Waals surface area contributed by atoms with E-state index in [-0.39, 0.29) is 21.4 Å². The maximum absolute atomic E-state index is 13.0. The van der Waals surface area contributed by atoms with Gasteiger partial charge >= 0.3 is 0 Å². The summed E-state index contributed by atoms with van der Waals surface area (Å²) in [6.45, 7) is 1.63. The maximum atomic E-state index is 13.0. The third-order valence-electron chi connectivity index (χ3n) is 4.88. The summed E-state index contributed by atoms with van der Waals surface area (Å²) in [6, 6.07) is 11.9. The van der Waals surface area contributed by atoms with Gasteiger partial charge in [0, 0.05) is 30.9 Å². The van der Waals surface area contributed by atoms with Gasteiger partial charge in [0.2, 0.25) is 10.0 Å². The van der Waals surface area contributed by atoms with Crippen LogP contribution >= 0.6 is 11.6 Å². The molecular formula is C21H26ClN3O3S. The molecule has 0 spiro atoms. The summed E-state index contributed by atoms with van der Waals surface area (Å²) in [5.74, 6) is -0.372. The van der Waals surface area contributed by atoms with Crippen LogP contribution in [0.25, 0.3) is 0 Å². The molecule has 1 saturated heterocycles. The van der Waals surface area contributed by atoms with Crippen LogP contribution in [0.1, 0.15) is 35.2 Å². The predicted molar refractivity (Wildman–Crippen MR) is 116 cm³/mol. The number of sulfonamides is 1. The number of rotatable bonds is 6. The molecule has 0 radical (unpaired) electrons. The Kier molecular flexibility index (Phi) is 6.95. The molecule has 2 aromatic rings. The largest absolute Gasteiger partial charge is 0.322 e. The van der Waals surface area contributed by atoms with E-state index < -0.39 is 10.0 Å². The van der Waals surface area contributed by atoms with Gasteiger partial charge < -0.3 is 10.2 Å². The van der Waals surface area contributed by atoms with Crippen LogP contribution in [0.15, 0.2) is 47.4 Å². The van der Waals surface area contributed by atoms with E-state index >= 15 is 0 Å². The quantitative estimate of drug-likeness (QED) is 0.748. The summed E-state index contributed by atoms with van der Waals surface area (Å²) in [5, 5.41) is 3.02. The Balaban J connectivity index is 1.87. The number of amides is 1. The molecule has 2 aromatic carbocycles. The molecule has 1 aliphatic heterocycles. The predicted octanol–water partition coefficient (Wildman–Crippen LogP) is 3.83. The summed E-state index contributed by atoms with van der Waals surface area (Å²) in [6.07, 6.45) is 2.69. The summed E-state index contributed by atoms with van der Waals surface area (Å²) in [4.78, 5) is 14.8. The van der Waals surface area contributed by atoms with E-state index in [2.05, 4.69) is 5.32 Å². The van der Waals surface area contributed by atoms with Gasteiger partial charge in [-0.2, -0.15) is 4.31 Å². The number of nitrogens with one attached hydrogen (secondary N) is 1. The molecule has 1 heterocycles. The topological polar surface area (TPSA) is 69.7 Å². The van der Waals surface area contributed by atoms with Crippen molar-refractivity contribution in [1.29, 1.82) is 0 Å². The van der Waals surface area contributed by atoms with Crippen molar-refractivity contribution in [2.24, 2.45) is 0 Å². The minimum absolute atomic E-state index is 0.0182. The number of carbonyl (C=O) groups is 1. The first-order valence-corrected chi connectivity index (χ1v) is 11.4. The second-order valence-corrected chi connectivity index (χ2v) is 9.77. The zero-order chi connectivity index (χ0) is 21.0. The molecule has 0 unspecified atom stereocenters. The summed E-state index contributed by atoms with van der Waals surface area (Å²) in [5.41, 5.74) is 1.92. The number of carbonyl (C=O) groups excluding carboxylic acids is 1. The molecular weight excluding hydrogens is 410 g/mol. The molecule has 3 rings (SSSR count). The van der Waals surface area contributed by atoms with Crippen molar-refractivity contribution in [3.63, 3.8) is 0 Å². The van der Waals surface area contributed by atoms with Gasteiger partial charge in [0.1, 0.15) is 4.90 Å². The van der Waals surface area contributed by atoms with Gasteiger partial charge in [0.25, 0.3) is 5.91 Å². The summed E-state index contributed by atoms with van der Waals surface area (Å²) >= 11 is 6.20. The van der Waals surface area contributed by atoms with Crippen LogP contribution in [-0.4, -0.2) is 50.7 Å². The van der Waals surface area contributed by atoms with Crippen LogP contribution in [0, 0.1) is 0 Å². The SMILES string of the molecule is CN(C)Cc1ccccc1NC(=O)c1ccc(Cl)c(S(=O)(=O)N2CCCCC2)c1. The second-order valence-electron chi connectivity index (χ2n) is 7.46. The number of hydrogen-bond acceptors (Lipinski definition) is 4. The molecule has 0 aliphatic carbocycles. The molecule has 0 saturated carbocycles. The van der Waals surface area contributed by atoms with E-state index in [1.807, 2.05) is 43.3 Å². The van der Waals surface area contributed by atoms with E-state index in [9.17, 15) is 13.2 Å². The Labute approximate surface area is 177 Å². The number of piperidine rings is 1. The van der Waals surface area contributed by atoms with Gasteiger partial charge in [-0.3, -0.25) is 4.79 Å². The first-order chi connectivity index (χ1) is 13.8. The zero-order valence-electron chi connectivity index (χ0n) is 16.7. The fraction of sp³-hybridized carbons (Fsp3) is 0.381. The van der Waals surface area contributed by atoms with E-state index in [1.54, 1.807) is 6.07 Å². The minimum Gasteiger partial charge on any atom is -0.322 e. The van der Waals surface area contributed by atoms with Gasteiger partial charge in [-0.1, -0.05) is 36.2 Å². The van der Waals surface area contributed by atoms with Crippen molar-refractivity contribution in [2.75, 3.05) is 32.5 Å². The Morgan fingerprint density at radius 2 is 1.79 bits per heavy atom. The average Bonchev–Trinajstić information content (AvgIpc) is 2.70. The molecule has 8 heteroatoms. The van der Waals surface area contributed by atoms with Crippen molar-refractivity contribution in [3.05, 3.63) is 58.6 Å². The molecule has 0 atom stereocenters. The van der Waals surface area contributed by atoms with Crippen LogP contribution in [0.3, 0.4) is 0 Å². The monoisotopic (exact) mass is 435 g/mol. The van der Waals surface area contributed by atoms with Crippen LogP contribution < -0.4 is 5.32 Å².